The lowest BCUT2D eigenvalue weighted by Gasteiger charge is -2.32. The first-order chi connectivity index (χ1) is 11.1. The molecule has 0 radical (unpaired) electrons. The molecule has 0 unspecified atom stereocenters. The van der Waals surface area contributed by atoms with Crippen LogP contribution in [0, 0.1) is 5.92 Å². The van der Waals surface area contributed by atoms with E-state index in [0.717, 1.165) is 0 Å². The normalized spacial score (nSPS) is 15.8. The number of hydrogen-bond acceptors (Lipinski definition) is 6. The third kappa shape index (κ3) is 3.08. The summed E-state index contributed by atoms with van der Waals surface area (Å²) in [5.74, 6) is 0.231. The van der Waals surface area contributed by atoms with Crippen LogP contribution < -0.4 is 10.6 Å². The Hall–Kier alpha value is -2.71. The molecule has 0 aliphatic carbocycles. The van der Waals surface area contributed by atoms with Gasteiger partial charge in [-0.25, -0.2) is 15.0 Å². The summed E-state index contributed by atoms with van der Waals surface area (Å²) >= 11 is 0. The summed E-state index contributed by atoms with van der Waals surface area (Å²) in [5, 5.41) is 0. The number of nitrogens with one attached hydrogen (secondary N) is 1. The molecule has 122 valence electrons. The number of rotatable bonds is 4. The molecule has 3 rings (SSSR count). The minimum Gasteiger partial charge on any atom is -0.369 e. The fraction of sp³-hybridized carbons (Fsp3) is 0.500. The summed E-state index contributed by atoms with van der Waals surface area (Å²) in [6, 6.07) is 0. The average molecular weight is 317 g/mol. The van der Waals surface area contributed by atoms with Crippen molar-refractivity contribution in [3.63, 3.8) is 0 Å². The van der Waals surface area contributed by atoms with Gasteiger partial charge in [0.25, 0.3) is 0 Å². The number of amides is 2. The highest BCUT2D eigenvalue weighted by Crippen LogP contribution is 2.20. The Morgan fingerprint density at radius 2 is 2.09 bits per heavy atom. The first-order valence-electron chi connectivity index (χ1n) is 7.48. The van der Waals surface area contributed by atoms with E-state index < -0.39 is 0 Å². The predicted octanol–water partition coefficient (Wildman–Crippen LogP) is -0.487. The molecular formula is C14H19N7O2. The van der Waals surface area contributed by atoms with Crippen molar-refractivity contribution in [3.8, 4) is 0 Å². The molecule has 2 amide bonds. The van der Waals surface area contributed by atoms with Gasteiger partial charge in [0.1, 0.15) is 11.8 Å². The highest BCUT2D eigenvalue weighted by Gasteiger charge is 2.26. The lowest BCUT2D eigenvalue weighted by atomic mass is 9.96. The molecule has 1 fully saturated rings. The van der Waals surface area contributed by atoms with Crippen LogP contribution in [0.25, 0.3) is 11.2 Å². The van der Waals surface area contributed by atoms with E-state index in [1.807, 2.05) is 0 Å². The van der Waals surface area contributed by atoms with Crippen LogP contribution in [0.15, 0.2) is 12.7 Å². The average Bonchev–Trinajstić information content (AvgIpc) is 3.03. The van der Waals surface area contributed by atoms with E-state index in [2.05, 4.69) is 19.9 Å². The van der Waals surface area contributed by atoms with Crippen molar-refractivity contribution in [2.45, 2.75) is 12.8 Å². The summed E-state index contributed by atoms with van der Waals surface area (Å²) in [6.45, 7) is 1.32. The van der Waals surface area contributed by atoms with Crippen LogP contribution in [0.3, 0.4) is 0 Å². The molecule has 9 nitrogen and oxygen atoms in total. The Kier molecular flexibility index (Phi) is 4.09. The fourth-order valence-corrected chi connectivity index (χ4v) is 2.83. The summed E-state index contributed by atoms with van der Waals surface area (Å²) in [4.78, 5) is 42.5. The van der Waals surface area contributed by atoms with Crippen LogP contribution in [-0.4, -0.2) is 63.3 Å². The second-order valence-electron chi connectivity index (χ2n) is 5.71. The number of likely N-dealkylation sites (tertiary alicyclic amines) is 1. The summed E-state index contributed by atoms with van der Waals surface area (Å²) in [5.41, 5.74) is 6.58. The number of aromatic amines is 1. The van der Waals surface area contributed by atoms with Crippen LogP contribution in [-0.2, 0) is 9.59 Å². The minimum atomic E-state index is -0.281. The molecule has 0 bridgehead atoms. The molecular weight excluding hydrogens is 298 g/mol. The molecule has 1 aliphatic rings. The number of hydrogen-bond donors (Lipinski definition) is 2. The van der Waals surface area contributed by atoms with Gasteiger partial charge in [-0.3, -0.25) is 9.59 Å². The zero-order valence-corrected chi connectivity index (χ0v) is 12.9. The smallest absolute Gasteiger partial charge is 0.242 e. The molecule has 1 saturated heterocycles. The van der Waals surface area contributed by atoms with Crippen LogP contribution in [0.5, 0.6) is 0 Å². The number of nitrogens with zero attached hydrogens (tertiary/aromatic N) is 5. The van der Waals surface area contributed by atoms with Gasteiger partial charge in [-0.05, 0) is 12.8 Å². The first-order valence-corrected chi connectivity index (χ1v) is 7.48. The predicted molar refractivity (Wildman–Crippen MR) is 83.5 cm³/mol. The van der Waals surface area contributed by atoms with Crippen molar-refractivity contribution in [3.05, 3.63) is 12.7 Å². The maximum Gasteiger partial charge on any atom is 0.242 e. The van der Waals surface area contributed by atoms with Crippen molar-refractivity contribution in [1.29, 1.82) is 0 Å². The van der Waals surface area contributed by atoms with Crippen LogP contribution in [0.4, 0.5) is 5.82 Å². The van der Waals surface area contributed by atoms with Gasteiger partial charge in [-0.2, -0.15) is 0 Å². The molecule has 3 N–H and O–H groups in total. The van der Waals surface area contributed by atoms with Crippen LogP contribution >= 0.6 is 0 Å². The number of fused-ring (bicyclic) bond motifs is 1. The third-order valence-corrected chi connectivity index (χ3v) is 4.19. The van der Waals surface area contributed by atoms with E-state index in [9.17, 15) is 9.59 Å². The van der Waals surface area contributed by atoms with E-state index in [1.165, 1.54) is 6.33 Å². The molecule has 9 heteroatoms. The zero-order chi connectivity index (χ0) is 16.4. The number of likely N-dealkylation sites (N-methyl/N-ethyl adjacent to an activating group) is 1. The monoisotopic (exact) mass is 317 g/mol. The topological polar surface area (TPSA) is 121 Å². The second kappa shape index (κ2) is 6.19. The summed E-state index contributed by atoms with van der Waals surface area (Å²) in [6.07, 6.45) is 4.23. The lowest BCUT2D eigenvalue weighted by molar-refractivity contribution is -0.133. The SMILES string of the molecule is CN(CC(=O)N1CCC(C(N)=O)CC1)c1ncnc2nc[nH]c12. The van der Waals surface area contributed by atoms with E-state index in [-0.39, 0.29) is 24.3 Å². The van der Waals surface area contributed by atoms with Gasteiger partial charge in [0.2, 0.25) is 11.8 Å². The van der Waals surface area contributed by atoms with Gasteiger partial charge >= 0.3 is 0 Å². The van der Waals surface area contributed by atoms with Crippen LogP contribution in [0.1, 0.15) is 12.8 Å². The second-order valence-corrected chi connectivity index (χ2v) is 5.71. The first kappa shape index (κ1) is 15.2. The Labute approximate surface area is 132 Å². The Morgan fingerprint density at radius 1 is 1.35 bits per heavy atom. The van der Waals surface area contributed by atoms with Gasteiger partial charge < -0.3 is 20.5 Å². The van der Waals surface area contributed by atoms with E-state index in [1.54, 1.807) is 23.2 Å². The van der Waals surface area contributed by atoms with Crippen LogP contribution in [0.2, 0.25) is 0 Å². The van der Waals surface area contributed by atoms with E-state index >= 15 is 0 Å². The number of anilines is 1. The highest BCUT2D eigenvalue weighted by atomic mass is 16.2. The van der Waals surface area contributed by atoms with Crippen molar-refractivity contribution in [2.24, 2.45) is 11.7 Å². The molecule has 23 heavy (non-hydrogen) atoms. The largest absolute Gasteiger partial charge is 0.369 e. The van der Waals surface area contributed by atoms with Gasteiger partial charge in [0, 0.05) is 26.1 Å². The number of aromatic nitrogens is 4. The molecule has 2 aromatic heterocycles. The molecule has 0 aromatic carbocycles. The van der Waals surface area contributed by atoms with Crippen molar-refractivity contribution >= 4 is 28.8 Å². The molecule has 0 spiro atoms. The number of nitrogens with two attached hydrogens (primary N) is 1. The van der Waals surface area contributed by atoms with Crippen molar-refractivity contribution in [2.75, 3.05) is 31.6 Å². The van der Waals surface area contributed by atoms with Gasteiger partial charge in [-0.15, -0.1) is 0 Å². The molecule has 0 atom stereocenters. The third-order valence-electron chi connectivity index (χ3n) is 4.19. The maximum atomic E-state index is 12.4. The zero-order valence-electron chi connectivity index (χ0n) is 12.9. The number of carbonyl (C=O) groups excluding carboxylic acids is 2. The number of primary amides is 1. The number of imidazole rings is 1. The summed E-state index contributed by atoms with van der Waals surface area (Å²) in [7, 11) is 1.80. The Bertz CT molecular complexity index is 721. The molecule has 1 aliphatic heterocycles. The van der Waals surface area contributed by atoms with Gasteiger partial charge in [0.15, 0.2) is 11.5 Å². The Morgan fingerprint density at radius 3 is 2.78 bits per heavy atom. The van der Waals surface area contributed by atoms with Gasteiger partial charge in [-0.1, -0.05) is 0 Å². The number of piperidine rings is 1. The molecule has 2 aromatic rings. The minimum absolute atomic E-state index is 0.00157. The molecule has 3 heterocycles. The molecule has 0 saturated carbocycles. The fourth-order valence-electron chi connectivity index (χ4n) is 2.83. The summed E-state index contributed by atoms with van der Waals surface area (Å²) < 4.78 is 0. The number of H-pyrrole nitrogens is 1. The highest BCUT2D eigenvalue weighted by molar-refractivity contribution is 5.87. The van der Waals surface area contributed by atoms with E-state index in [0.29, 0.717) is 42.9 Å². The quantitative estimate of drug-likeness (QED) is 0.785. The Balaban J connectivity index is 1.64. The lowest BCUT2D eigenvalue weighted by Crippen LogP contribution is -2.45. The van der Waals surface area contributed by atoms with E-state index in [4.69, 9.17) is 5.73 Å². The van der Waals surface area contributed by atoms with Gasteiger partial charge in [0.05, 0.1) is 12.9 Å². The van der Waals surface area contributed by atoms with Crippen molar-refractivity contribution < 1.29 is 9.59 Å². The maximum absolute atomic E-state index is 12.4. The standard InChI is InChI=1S/C14H19N7O2/c1-20(14-11-13(17-7-16-11)18-8-19-14)6-10(22)21-4-2-9(3-5-21)12(15)23/h7-9H,2-6H2,1H3,(H2,15,23)(H,16,17,18,19). The number of carbonyl (C=O) groups is 2. The van der Waals surface area contributed by atoms with Crippen molar-refractivity contribution in [1.82, 2.24) is 24.8 Å².